The van der Waals surface area contributed by atoms with E-state index in [0.717, 1.165) is 107 Å². The molecular weight excluding hydrogens is 944 g/mol. The Labute approximate surface area is 417 Å². The number of aldehydes is 1. The van der Waals surface area contributed by atoms with Crippen LogP contribution < -0.4 is 26.5 Å². The zero-order chi connectivity index (χ0) is 47.9. The molecule has 11 rings (SSSR count). The molecule has 0 amide bonds. The molecule has 0 unspecified atom stereocenters. The van der Waals surface area contributed by atoms with Crippen molar-refractivity contribution in [3.05, 3.63) is 138 Å². The minimum absolute atomic E-state index is 0.0253. The Kier molecular flexibility index (Phi) is 15.1. The monoisotopic (exact) mass is 1010 g/mol. The van der Waals surface area contributed by atoms with Gasteiger partial charge in [0.2, 0.25) is 0 Å². The second kappa shape index (κ2) is 21.2. The van der Waals surface area contributed by atoms with E-state index < -0.39 is 5.31 Å². The van der Waals surface area contributed by atoms with Crippen LogP contribution in [0.3, 0.4) is 0 Å². The van der Waals surface area contributed by atoms with Crippen LogP contribution in [0.2, 0.25) is 0 Å². The first kappa shape index (κ1) is 49.1. The van der Waals surface area contributed by atoms with Gasteiger partial charge in [0.15, 0.2) is 0 Å². The van der Waals surface area contributed by atoms with Gasteiger partial charge in [-0.3, -0.25) is 9.59 Å². The number of hydrogen-bond donors (Lipinski definition) is 2. The quantitative estimate of drug-likeness (QED) is 0.0675. The fourth-order valence-corrected chi connectivity index (χ4v) is 20.1. The van der Waals surface area contributed by atoms with Crippen LogP contribution in [-0.4, -0.2) is 54.5 Å². The zero-order valence-corrected chi connectivity index (χ0v) is 43.0. The third-order valence-electron chi connectivity index (χ3n) is 16.0. The number of esters is 2. The topological polar surface area (TPSA) is 120 Å². The van der Waals surface area contributed by atoms with Crippen molar-refractivity contribution in [2.75, 3.05) is 36.9 Å². The number of ether oxygens (including phenoxy) is 2. The van der Waals surface area contributed by atoms with E-state index in [9.17, 15) is 14.4 Å². The number of anilines is 2. The first-order valence-electron chi connectivity index (χ1n) is 25.7. The summed E-state index contributed by atoms with van der Waals surface area (Å²) in [6, 6.07) is 41.7. The van der Waals surface area contributed by atoms with Crippen LogP contribution in [0.15, 0.2) is 115 Å². The van der Waals surface area contributed by atoms with Gasteiger partial charge in [-0.25, -0.2) is 4.98 Å². The van der Waals surface area contributed by atoms with Gasteiger partial charge >= 0.3 is 205 Å². The number of aryl methyl sites for hydroxylation is 3. The molecule has 0 atom stereocenters. The van der Waals surface area contributed by atoms with Crippen molar-refractivity contribution >= 4 is 66.6 Å². The van der Waals surface area contributed by atoms with Crippen LogP contribution in [0.5, 0.6) is 0 Å². The molecule has 4 aliphatic carbocycles. The van der Waals surface area contributed by atoms with Crippen molar-refractivity contribution in [3.63, 3.8) is 0 Å². The number of nitrogens with zero attached hydrogens (tertiary/aromatic N) is 2. The molecule has 2 aromatic heterocycles. The Hall–Kier alpha value is -4.92. The van der Waals surface area contributed by atoms with Crippen LogP contribution in [0.1, 0.15) is 107 Å². The predicted molar refractivity (Wildman–Crippen MR) is 283 cm³/mol. The summed E-state index contributed by atoms with van der Waals surface area (Å²) in [4.78, 5) is 43.4. The molecule has 5 aromatic rings. The van der Waals surface area contributed by atoms with E-state index in [1.54, 1.807) is 0 Å². The largest absolute Gasteiger partial charge is 0.466 e. The van der Waals surface area contributed by atoms with Gasteiger partial charge in [-0.15, -0.1) is 0 Å². The molecule has 6 aliphatic rings. The molecule has 4 fully saturated rings. The molecule has 4 heterocycles. The maximum Gasteiger partial charge on any atom is 0.308 e. The Balaban J connectivity index is 0.000000138. The van der Waals surface area contributed by atoms with E-state index in [2.05, 4.69) is 141 Å². The Morgan fingerprint density at radius 2 is 1.06 bits per heavy atom. The average molecular weight is 1010 g/mol. The van der Waals surface area contributed by atoms with Crippen LogP contribution >= 0.6 is 20.8 Å². The summed E-state index contributed by atoms with van der Waals surface area (Å²) in [5.74, 6) is 3.51. The molecule has 2 aliphatic heterocycles. The molecule has 11 heteroatoms. The van der Waals surface area contributed by atoms with Gasteiger partial charge in [0.25, 0.3) is 0 Å². The summed E-state index contributed by atoms with van der Waals surface area (Å²) >= 11 is 4.52. The van der Waals surface area contributed by atoms with E-state index in [-0.39, 0.29) is 29.7 Å². The van der Waals surface area contributed by atoms with Crippen molar-refractivity contribution in [2.24, 2.45) is 34.5 Å². The predicted octanol–water partition coefficient (Wildman–Crippen LogP) is 11.1. The van der Waals surface area contributed by atoms with Crippen LogP contribution in [0, 0.1) is 34.5 Å². The maximum atomic E-state index is 11.7. The molecule has 69 heavy (non-hydrogen) atoms. The van der Waals surface area contributed by atoms with Gasteiger partial charge in [-0.05, 0) is 119 Å². The SMILES string of the molecule is BrP(Cc1ccc2c(n1)NCCC2)(c1ccccc1)(c1ccccc1)c1ccccc1.CCOC(=O)C1CC2(CC(C=O)C2)C1.CCOC(=O)C1CC2(CC(CCc3ccc4c(n3)NCCC4)C2)C1. The number of nitrogens with one attached hydrogen (secondary N) is 2. The summed E-state index contributed by atoms with van der Waals surface area (Å²) in [7, 11) is 0. The number of pyridine rings is 2. The molecule has 2 spiro atoms. The van der Waals surface area contributed by atoms with E-state index in [4.69, 9.17) is 19.4 Å². The number of rotatable bonds is 13. The number of carbonyl (C=O) groups excluding carboxylic acids is 3. The minimum Gasteiger partial charge on any atom is -0.466 e. The van der Waals surface area contributed by atoms with E-state index in [0.29, 0.717) is 24.0 Å². The third-order valence-corrected chi connectivity index (χ3v) is 25.5. The second-order valence-corrected chi connectivity index (χ2v) is 29.8. The van der Waals surface area contributed by atoms with Gasteiger partial charge in [-0.1, -0.05) is 6.07 Å². The van der Waals surface area contributed by atoms with E-state index in [1.165, 1.54) is 64.8 Å². The van der Waals surface area contributed by atoms with E-state index >= 15 is 0 Å². The number of benzene rings is 3. The fraction of sp³-hybridized carbons (Fsp3) is 0.466. The molecular formula is C58H70BrN4O5P. The van der Waals surface area contributed by atoms with Crippen molar-refractivity contribution in [1.82, 2.24) is 9.97 Å². The van der Waals surface area contributed by atoms with Gasteiger partial charge in [-0.2, -0.15) is 0 Å². The van der Waals surface area contributed by atoms with Gasteiger partial charge in [0, 0.05) is 18.2 Å². The number of aromatic nitrogens is 2. The minimum atomic E-state index is -3.01. The van der Waals surface area contributed by atoms with Crippen LogP contribution in [0.25, 0.3) is 0 Å². The second-order valence-electron chi connectivity index (χ2n) is 20.9. The van der Waals surface area contributed by atoms with Crippen molar-refractivity contribution in [2.45, 2.75) is 110 Å². The molecule has 4 saturated carbocycles. The Morgan fingerprint density at radius 1 is 0.623 bits per heavy atom. The fourth-order valence-electron chi connectivity index (χ4n) is 12.6. The standard InChI is InChI=1S/C27H26BrN2P.C20H28N2O2.C11H16O3/c28-31(24-12-4-1-5-13-24,25-14-6-2-7-15-25,26-16-8-3-9-17-26)21-23-19-18-22-11-10-20-29-27(22)30-23;1-2-24-19(23)16-12-20(13-16)10-14(11-20)5-7-17-8-6-15-4-3-9-21-18(15)22-17;1-2-14-10(13)9-5-11(6-9)3-8(4-11)7-12/h1-9,12-19H,10-11,20-21H2,(H,29,30);6,8,14,16H,2-5,7,9-13H2,1H3,(H,21,22);7-9H,2-6H2,1H3. The average Bonchev–Trinajstić information content (AvgIpc) is 3.33. The maximum absolute atomic E-state index is 11.7. The van der Waals surface area contributed by atoms with Gasteiger partial charge < -0.3 is 19.6 Å². The summed E-state index contributed by atoms with van der Waals surface area (Å²) in [6.45, 7) is 6.74. The molecule has 9 nitrogen and oxygen atoms in total. The van der Waals surface area contributed by atoms with Crippen LogP contribution in [-0.2, 0) is 49.3 Å². The van der Waals surface area contributed by atoms with Gasteiger partial charge in [0.1, 0.15) is 12.1 Å². The van der Waals surface area contributed by atoms with Crippen molar-refractivity contribution in [1.29, 1.82) is 0 Å². The number of fused-ring (bicyclic) bond motifs is 2. The summed E-state index contributed by atoms with van der Waals surface area (Å²) in [5.41, 5.74) is 5.84. The normalized spacial score (nSPS) is 25.3. The molecule has 364 valence electrons. The number of carbonyl (C=O) groups is 3. The van der Waals surface area contributed by atoms with Crippen molar-refractivity contribution in [3.8, 4) is 0 Å². The summed E-state index contributed by atoms with van der Waals surface area (Å²) in [5, 5.41) is 7.88. The molecule has 0 bridgehead atoms. The van der Waals surface area contributed by atoms with Gasteiger partial charge in [0.05, 0.1) is 25.0 Å². The summed E-state index contributed by atoms with van der Waals surface area (Å²) in [6.07, 6.45) is 17.4. The molecule has 0 saturated heterocycles. The Bertz CT molecular complexity index is 2450. The summed E-state index contributed by atoms with van der Waals surface area (Å²) < 4.78 is 10.1. The Morgan fingerprint density at radius 3 is 1.51 bits per heavy atom. The number of hydrogen-bond acceptors (Lipinski definition) is 9. The molecule has 2 N–H and O–H groups in total. The first-order valence-corrected chi connectivity index (χ1v) is 30.1. The zero-order valence-electron chi connectivity index (χ0n) is 40.6. The molecule has 0 radical (unpaired) electrons. The number of halogens is 1. The molecule has 3 aromatic carbocycles. The van der Waals surface area contributed by atoms with E-state index in [1.807, 2.05) is 13.8 Å². The third kappa shape index (κ3) is 10.4. The van der Waals surface area contributed by atoms with Crippen LogP contribution in [0.4, 0.5) is 11.6 Å². The van der Waals surface area contributed by atoms with Crippen molar-refractivity contribution < 1.29 is 23.9 Å². The smallest absolute Gasteiger partial charge is 0.308 e. The first-order chi connectivity index (χ1) is 33.5.